The monoisotopic (exact) mass is 493 g/mol. The number of benzene rings is 1. The lowest BCUT2D eigenvalue weighted by atomic mass is 10.0. The van der Waals surface area contributed by atoms with E-state index in [0.29, 0.717) is 11.4 Å². The summed E-state index contributed by atoms with van der Waals surface area (Å²) in [6.07, 6.45) is 7.10. The highest BCUT2D eigenvalue weighted by Crippen LogP contribution is 2.25. The lowest BCUT2D eigenvalue weighted by Gasteiger charge is -2.17. The molecular weight excluding hydrogens is 470 g/mol. The van der Waals surface area contributed by atoms with E-state index in [0.717, 1.165) is 40.0 Å². The van der Waals surface area contributed by atoms with Gasteiger partial charge in [0.25, 0.3) is 5.91 Å². The fourth-order valence-corrected chi connectivity index (χ4v) is 3.94. The zero-order chi connectivity index (χ0) is 22.9. The third kappa shape index (κ3) is 4.39. The molecule has 0 N–H and O–H groups in total. The predicted molar refractivity (Wildman–Crippen MR) is 139 cm³/mol. The Kier molecular flexibility index (Phi) is 6.66. The van der Waals surface area contributed by atoms with Crippen molar-refractivity contribution in [1.29, 1.82) is 0 Å². The minimum atomic E-state index is -0.0298. The van der Waals surface area contributed by atoms with E-state index in [9.17, 15) is 4.79 Å². The Morgan fingerprint density at radius 3 is 2.53 bits per heavy atom. The maximum absolute atomic E-state index is 12.1. The summed E-state index contributed by atoms with van der Waals surface area (Å²) in [5.74, 6) is 0.586. The van der Waals surface area contributed by atoms with Gasteiger partial charge in [0.2, 0.25) is 5.88 Å². The van der Waals surface area contributed by atoms with Gasteiger partial charge in [-0.05, 0) is 35.9 Å². The van der Waals surface area contributed by atoms with Crippen LogP contribution in [0.3, 0.4) is 0 Å². The van der Waals surface area contributed by atoms with Gasteiger partial charge in [-0.3, -0.25) is 14.2 Å². The Labute approximate surface area is 207 Å². The van der Waals surface area contributed by atoms with Crippen LogP contribution in [0.25, 0.3) is 27.8 Å². The Bertz CT molecular complexity index is 1450. The second-order valence-corrected chi connectivity index (χ2v) is 8.43. The fraction of sp³-hybridized carbons (Fsp3) is 0.130. The number of fused-ring (bicyclic) bond motifs is 2. The van der Waals surface area contributed by atoms with Crippen molar-refractivity contribution in [3.05, 3.63) is 78.9 Å². The molecule has 0 saturated carbocycles. The molecule has 0 saturated heterocycles. The van der Waals surface area contributed by atoms with E-state index >= 15 is 0 Å². The largest absolute Gasteiger partial charge is 0.383 e. The van der Waals surface area contributed by atoms with E-state index in [1.54, 1.807) is 46.8 Å². The minimum Gasteiger partial charge on any atom is -0.383 e. The van der Waals surface area contributed by atoms with E-state index < -0.39 is 0 Å². The third-order valence-electron chi connectivity index (χ3n) is 5.15. The summed E-state index contributed by atoms with van der Waals surface area (Å²) in [5.41, 5.74) is 4.94. The van der Waals surface area contributed by atoms with E-state index in [1.165, 1.54) is 0 Å². The van der Waals surface area contributed by atoms with Crippen LogP contribution in [0.4, 0.5) is 0 Å². The molecule has 0 radical (unpaired) electrons. The SMILES string of the molecule is CN(C)C(=O)c1ccc(-c2cnc3cnn(N(C)SOc4cnc5ccccn45)c3c2)cc1.S. The van der Waals surface area contributed by atoms with Crippen LogP contribution in [-0.4, -0.2) is 56.2 Å². The van der Waals surface area contributed by atoms with E-state index in [1.807, 2.05) is 66.2 Å². The summed E-state index contributed by atoms with van der Waals surface area (Å²) in [7, 11) is 5.33. The molecule has 5 rings (SSSR count). The molecule has 11 heteroatoms. The zero-order valence-electron chi connectivity index (χ0n) is 18.8. The lowest BCUT2D eigenvalue weighted by molar-refractivity contribution is 0.0827. The van der Waals surface area contributed by atoms with Crippen molar-refractivity contribution in [2.45, 2.75) is 0 Å². The second kappa shape index (κ2) is 9.65. The summed E-state index contributed by atoms with van der Waals surface area (Å²) in [5, 5.41) is 4.46. The van der Waals surface area contributed by atoms with Gasteiger partial charge in [0, 0.05) is 44.7 Å². The molecule has 4 heterocycles. The van der Waals surface area contributed by atoms with Crippen LogP contribution in [-0.2, 0) is 0 Å². The van der Waals surface area contributed by atoms with Crippen LogP contribution < -0.4 is 8.60 Å². The highest BCUT2D eigenvalue weighted by atomic mass is 32.2. The molecule has 0 aliphatic rings. The van der Waals surface area contributed by atoms with Gasteiger partial charge in [-0.15, -0.1) is 0 Å². The summed E-state index contributed by atoms with van der Waals surface area (Å²) in [4.78, 5) is 24.3. The molecule has 5 aromatic rings. The van der Waals surface area contributed by atoms with Gasteiger partial charge in [-0.25, -0.2) is 9.40 Å². The molecule has 0 atom stereocenters. The average molecular weight is 494 g/mol. The first-order valence-electron chi connectivity index (χ1n) is 10.2. The summed E-state index contributed by atoms with van der Waals surface area (Å²) in [6.45, 7) is 0. The van der Waals surface area contributed by atoms with Crippen molar-refractivity contribution in [3.63, 3.8) is 0 Å². The van der Waals surface area contributed by atoms with Crippen LogP contribution in [0.5, 0.6) is 5.88 Å². The van der Waals surface area contributed by atoms with Crippen molar-refractivity contribution >= 4 is 48.3 Å². The van der Waals surface area contributed by atoms with Crippen molar-refractivity contribution < 1.29 is 8.98 Å². The van der Waals surface area contributed by atoms with E-state index in [-0.39, 0.29) is 19.4 Å². The van der Waals surface area contributed by atoms with Crippen LogP contribution >= 0.6 is 25.7 Å². The van der Waals surface area contributed by atoms with Gasteiger partial charge in [0.05, 0.1) is 12.4 Å². The van der Waals surface area contributed by atoms with Crippen LogP contribution in [0.1, 0.15) is 10.4 Å². The quantitative estimate of drug-likeness (QED) is 0.263. The standard InChI is InChI=1S/C23H21N7O2S.H2S/c1-27(2)23(31)17-9-7-16(8-10-17)18-12-20-19(24-13-18)14-26-30(20)28(3)33-32-22-15-25-21-6-4-5-11-29(21)22;/h4-15H,1-3H3;1H2. The van der Waals surface area contributed by atoms with Gasteiger partial charge in [0.1, 0.15) is 16.7 Å². The predicted octanol–water partition coefficient (Wildman–Crippen LogP) is 3.77. The maximum atomic E-state index is 12.1. The number of hydrogen-bond acceptors (Lipinski definition) is 7. The number of carbonyl (C=O) groups excluding carboxylic acids is 1. The molecule has 0 fully saturated rings. The Balaban J connectivity index is 0.00000274. The van der Waals surface area contributed by atoms with Gasteiger partial charge in [0.15, 0.2) is 12.2 Å². The molecule has 1 aromatic carbocycles. The highest BCUT2D eigenvalue weighted by molar-refractivity contribution is 7.96. The number of aromatic nitrogens is 5. The normalized spacial score (nSPS) is 10.8. The first-order valence-corrected chi connectivity index (χ1v) is 10.9. The van der Waals surface area contributed by atoms with Crippen molar-refractivity contribution in [2.75, 3.05) is 25.6 Å². The number of nitrogens with zero attached hydrogens (tertiary/aromatic N) is 7. The molecule has 0 spiro atoms. The molecule has 174 valence electrons. The molecule has 0 unspecified atom stereocenters. The first kappa shape index (κ1) is 23.5. The molecule has 4 aromatic heterocycles. The van der Waals surface area contributed by atoms with E-state index in [4.69, 9.17) is 4.18 Å². The number of amides is 1. The molecule has 0 aliphatic carbocycles. The first-order chi connectivity index (χ1) is 16.0. The number of carbonyl (C=O) groups is 1. The minimum absolute atomic E-state index is 0. The Hall–Kier alpha value is -3.70. The van der Waals surface area contributed by atoms with Crippen molar-refractivity contribution in [2.24, 2.45) is 0 Å². The van der Waals surface area contributed by atoms with Crippen molar-refractivity contribution in [3.8, 4) is 17.0 Å². The van der Waals surface area contributed by atoms with Gasteiger partial charge in [-0.1, -0.05) is 18.2 Å². The molecule has 34 heavy (non-hydrogen) atoms. The summed E-state index contributed by atoms with van der Waals surface area (Å²) in [6, 6.07) is 15.3. The Morgan fingerprint density at radius 2 is 1.76 bits per heavy atom. The van der Waals surface area contributed by atoms with Crippen LogP contribution in [0, 0.1) is 0 Å². The van der Waals surface area contributed by atoms with Crippen LogP contribution in [0.2, 0.25) is 0 Å². The third-order valence-corrected chi connectivity index (χ3v) is 5.77. The number of hydrogen-bond donors (Lipinski definition) is 0. The second-order valence-electron chi connectivity index (χ2n) is 7.59. The fourth-order valence-electron chi connectivity index (χ4n) is 3.44. The molecule has 9 nitrogen and oxygen atoms in total. The topological polar surface area (TPSA) is 80.8 Å². The average Bonchev–Trinajstić information content (AvgIpc) is 3.46. The molecular formula is C23H23N7O2S2. The van der Waals surface area contributed by atoms with E-state index in [2.05, 4.69) is 15.1 Å². The number of rotatable bonds is 6. The molecule has 1 amide bonds. The van der Waals surface area contributed by atoms with Crippen LogP contribution in [0.15, 0.2) is 73.3 Å². The van der Waals surface area contributed by atoms with Gasteiger partial charge < -0.3 is 9.08 Å². The highest BCUT2D eigenvalue weighted by Gasteiger charge is 2.14. The number of pyridine rings is 2. The van der Waals surface area contributed by atoms with Crippen molar-refractivity contribution in [1.82, 2.24) is 29.2 Å². The van der Waals surface area contributed by atoms with Gasteiger partial charge in [-0.2, -0.15) is 23.4 Å². The van der Waals surface area contributed by atoms with Gasteiger partial charge >= 0.3 is 0 Å². The summed E-state index contributed by atoms with van der Waals surface area (Å²) < 4.78 is 9.53. The summed E-state index contributed by atoms with van der Waals surface area (Å²) >= 11 is 1.13. The Morgan fingerprint density at radius 1 is 0.971 bits per heavy atom. The lowest BCUT2D eigenvalue weighted by Crippen LogP contribution is -2.24. The molecule has 0 aliphatic heterocycles. The maximum Gasteiger partial charge on any atom is 0.253 e. The zero-order valence-corrected chi connectivity index (χ0v) is 20.6. The number of imidazole rings is 1. The smallest absolute Gasteiger partial charge is 0.253 e. The molecule has 0 bridgehead atoms.